The highest BCUT2D eigenvalue weighted by Crippen LogP contribution is 2.37. The molecular formula is C32H34ClN3O3. The van der Waals surface area contributed by atoms with Gasteiger partial charge in [-0.25, -0.2) is 9.78 Å². The molecule has 202 valence electrons. The third kappa shape index (κ3) is 5.68. The molecule has 1 aliphatic heterocycles. The number of aromatic nitrogens is 2. The predicted molar refractivity (Wildman–Crippen MR) is 156 cm³/mol. The van der Waals surface area contributed by atoms with Crippen LogP contribution >= 0.6 is 11.6 Å². The van der Waals surface area contributed by atoms with Crippen molar-refractivity contribution in [3.8, 4) is 11.4 Å². The Hall–Kier alpha value is -3.35. The number of nitrogens with zero attached hydrogens (tertiary/aromatic N) is 3. The minimum absolute atomic E-state index is 0.266. The number of rotatable bonds is 7. The number of ether oxygens (including phenoxy) is 1. The van der Waals surface area contributed by atoms with Crippen molar-refractivity contribution in [1.82, 2.24) is 9.55 Å². The van der Waals surface area contributed by atoms with E-state index < -0.39 is 5.97 Å². The van der Waals surface area contributed by atoms with E-state index in [-0.39, 0.29) is 11.7 Å². The number of hydrogen-bond donors (Lipinski definition) is 1. The Balaban J connectivity index is 1.17. The number of carbonyl (C=O) groups is 1. The van der Waals surface area contributed by atoms with Crippen molar-refractivity contribution in [3.63, 3.8) is 0 Å². The second kappa shape index (κ2) is 11.4. The van der Waals surface area contributed by atoms with Gasteiger partial charge in [0, 0.05) is 35.4 Å². The van der Waals surface area contributed by atoms with Gasteiger partial charge in [-0.05, 0) is 85.8 Å². The van der Waals surface area contributed by atoms with Crippen LogP contribution in [0, 0.1) is 0 Å². The highest BCUT2D eigenvalue weighted by atomic mass is 35.5. The monoisotopic (exact) mass is 543 g/mol. The van der Waals surface area contributed by atoms with E-state index in [4.69, 9.17) is 21.3 Å². The summed E-state index contributed by atoms with van der Waals surface area (Å²) in [4.78, 5) is 19.0. The number of halogens is 1. The summed E-state index contributed by atoms with van der Waals surface area (Å²) in [5.41, 5.74) is 5.47. The number of aromatic carboxylic acids is 1. The van der Waals surface area contributed by atoms with Crippen LogP contribution in [0.5, 0.6) is 0 Å². The zero-order valence-corrected chi connectivity index (χ0v) is 22.8. The summed E-state index contributed by atoms with van der Waals surface area (Å²) in [5, 5.41) is 10.2. The number of hydrogen-bond acceptors (Lipinski definition) is 4. The molecule has 4 aromatic rings. The van der Waals surface area contributed by atoms with E-state index in [0.29, 0.717) is 12.6 Å². The fraction of sp³-hybridized carbons (Fsp3) is 0.375. The summed E-state index contributed by atoms with van der Waals surface area (Å²) >= 11 is 5.99. The number of carboxylic acids is 1. The van der Waals surface area contributed by atoms with E-state index in [1.165, 1.54) is 24.9 Å². The topological polar surface area (TPSA) is 67.6 Å². The first-order valence-corrected chi connectivity index (χ1v) is 14.4. The van der Waals surface area contributed by atoms with Gasteiger partial charge >= 0.3 is 5.97 Å². The van der Waals surface area contributed by atoms with E-state index in [1.807, 2.05) is 30.3 Å². The molecule has 1 N–H and O–H groups in total. The van der Waals surface area contributed by atoms with Gasteiger partial charge in [0.25, 0.3) is 0 Å². The Morgan fingerprint density at radius 1 is 0.923 bits per heavy atom. The standard InChI is InChI=1S/C32H34ClN3O3/c33-25-11-6-22(7-12-25)21-39-28-16-18-35(19-17-28)26-13-8-23(9-14-26)31-34-29-20-24(32(37)38)10-15-30(29)36(31)27-4-2-1-3-5-27/h6-15,20,27-28H,1-5,16-19,21H2,(H,37,38). The minimum Gasteiger partial charge on any atom is -0.478 e. The zero-order valence-electron chi connectivity index (χ0n) is 22.1. The first-order valence-electron chi connectivity index (χ1n) is 14.0. The quantitative estimate of drug-likeness (QED) is 0.258. The molecule has 2 fully saturated rings. The third-order valence-electron chi connectivity index (χ3n) is 8.21. The fourth-order valence-electron chi connectivity index (χ4n) is 6.04. The van der Waals surface area contributed by atoms with Crippen LogP contribution in [-0.4, -0.2) is 39.8 Å². The van der Waals surface area contributed by atoms with Crippen molar-refractivity contribution in [2.45, 2.75) is 63.7 Å². The van der Waals surface area contributed by atoms with Crippen LogP contribution in [0.25, 0.3) is 22.4 Å². The van der Waals surface area contributed by atoms with Crippen molar-refractivity contribution in [2.75, 3.05) is 18.0 Å². The maximum atomic E-state index is 11.6. The van der Waals surface area contributed by atoms with Gasteiger partial charge in [0.1, 0.15) is 5.82 Å². The molecular weight excluding hydrogens is 510 g/mol. The molecule has 3 aromatic carbocycles. The second-order valence-corrected chi connectivity index (χ2v) is 11.2. The van der Waals surface area contributed by atoms with Gasteiger partial charge in [-0.3, -0.25) is 0 Å². The maximum Gasteiger partial charge on any atom is 0.335 e. The zero-order chi connectivity index (χ0) is 26.8. The van der Waals surface area contributed by atoms with E-state index in [1.54, 1.807) is 12.1 Å². The smallest absolute Gasteiger partial charge is 0.335 e. The first kappa shape index (κ1) is 25.9. The lowest BCUT2D eigenvalue weighted by Gasteiger charge is -2.33. The first-order chi connectivity index (χ1) is 19.0. The number of anilines is 1. The Morgan fingerprint density at radius 3 is 2.33 bits per heavy atom. The van der Waals surface area contributed by atoms with Crippen LogP contribution in [0.2, 0.25) is 5.02 Å². The molecule has 2 heterocycles. The molecule has 0 radical (unpaired) electrons. The van der Waals surface area contributed by atoms with E-state index in [9.17, 15) is 9.90 Å². The van der Waals surface area contributed by atoms with Crippen molar-refractivity contribution < 1.29 is 14.6 Å². The molecule has 2 aliphatic rings. The van der Waals surface area contributed by atoms with Crippen LogP contribution < -0.4 is 4.90 Å². The van der Waals surface area contributed by atoms with Crippen LogP contribution in [0.15, 0.2) is 66.7 Å². The van der Waals surface area contributed by atoms with Crippen molar-refractivity contribution in [1.29, 1.82) is 0 Å². The molecule has 1 aliphatic carbocycles. The molecule has 0 bridgehead atoms. The highest BCUT2D eigenvalue weighted by Gasteiger charge is 2.24. The molecule has 39 heavy (non-hydrogen) atoms. The summed E-state index contributed by atoms with van der Waals surface area (Å²) in [6.07, 6.45) is 8.24. The van der Waals surface area contributed by atoms with Gasteiger partial charge in [-0.15, -0.1) is 0 Å². The summed E-state index contributed by atoms with van der Waals surface area (Å²) in [6, 6.07) is 22.3. The SMILES string of the molecule is O=C(O)c1ccc2c(c1)nc(-c1ccc(N3CCC(OCc4ccc(Cl)cc4)CC3)cc1)n2C1CCCCC1. The van der Waals surface area contributed by atoms with Crippen molar-refractivity contribution in [2.24, 2.45) is 0 Å². The normalized spacial score (nSPS) is 17.1. The fourth-order valence-corrected chi connectivity index (χ4v) is 6.17. The average Bonchev–Trinajstić information content (AvgIpc) is 3.36. The molecule has 1 aromatic heterocycles. The molecule has 7 heteroatoms. The predicted octanol–water partition coefficient (Wildman–Crippen LogP) is 7.75. The summed E-state index contributed by atoms with van der Waals surface area (Å²) in [5.74, 6) is 0.00876. The molecule has 0 atom stereocenters. The van der Waals surface area contributed by atoms with E-state index in [2.05, 4.69) is 33.7 Å². The molecule has 1 saturated heterocycles. The Bertz CT molecular complexity index is 1430. The number of fused-ring (bicyclic) bond motifs is 1. The van der Waals surface area contributed by atoms with Gasteiger partial charge in [-0.2, -0.15) is 0 Å². The van der Waals surface area contributed by atoms with Crippen molar-refractivity contribution in [3.05, 3.63) is 82.9 Å². The third-order valence-corrected chi connectivity index (χ3v) is 8.46. The van der Waals surface area contributed by atoms with Crippen LogP contribution in [0.4, 0.5) is 5.69 Å². The Labute approximate surface area is 234 Å². The minimum atomic E-state index is -0.922. The summed E-state index contributed by atoms with van der Waals surface area (Å²) in [7, 11) is 0. The largest absolute Gasteiger partial charge is 0.478 e. The molecule has 0 spiro atoms. The number of imidazole rings is 1. The molecule has 6 nitrogen and oxygen atoms in total. The Morgan fingerprint density at radius 2 is 1.64 bits per heavy atom. The number of piperidine rings is 1. The van der Waals surface area contributed by atoms with E-state index >= 15 is 0 Å². The van der Waals surface area contributed by atoms with Gasteiger partial charge in [-0.1, -0.05) is 43.0 Å². The molecule has 0 unspecified atom stereocenters. The van der Waals surface area contributed by atoms with Gasteiger partial charge in [0.15, 0.2) is 0 Å². The molecule has 6 rings (SSSR count). The Kier molecular flexibility index (Phi) is 7.58. The number of benzene rings is 3. The second-order valence-electron chi connectivity index (χ2n) is 10.8. The maximum absolute atomic E-state index is 11.6. The lowest BCUT2D eigenvalue weighted by Crippen LogP contribution is -2.36. The van der Waals surface area contributed by atoms with Gasteiger partial charge in [0.05, 0.1) is 29.3 Å². The number of carboxylic acid groups (broad SMARTS) is 1. The summed E-state index contributed by atoms with van der Waals surface area (Å²) < 4.78 is 8.54. The highest BCUT2D eigenvalue weighted by molar-refractivity contribution is 6.30. The van der Waals surface area contributed by atoms with Crippen LogP contribution in [-0.2, 0) is 11.3 Å². The summed E-state index contributed by atoms with van der Waals surface area (Å²) in [6.45, 7) is 2.54. The van der Waals surface area contributed by atoms with E-state index in [0.717, 1.165) is 71.8 Å². The van der Waals surface area contributed by atoms with Gasteiger partial charge in [0.2, 0.25) is 0 Å². The average molecular weight is 544 g/mol. The van der Waals surface area contributed by atoms with Crippen LogP contribution in [0.3, 0.4) is 0 Å². The lowest BCUT2D eigenvalue weighted by molar-refractivity contribution is 0.0251. The molecule has 1 saturated carbocycles. The van der Waals surface area contributed by atoms with Crippen LogP contribution in [0.1, 0.15) is 66.9 Å². The lowest BCUT2D eigenvalue weighted by atomic mass is 9.94. The van der Waals surface area contributed by atoms with Crippen molar-refractivity contribution >= 4 is 34.3 Å². The van der Waals surface area contributed by atoms with Gasteiger partial charge < -0.3 is 19.3 Å². The molecule has 0 amide bonds.